The van der Waals surface area contributed by atoms with Crippen LogP contribution in [0.5, 0.6) is 0 Å². The van der Waals surface area contributed by atoms with Gasteiger partial charge in [-0.15, -0.1) is 11.3 Å². The van der Waals surface area contributed by atoms with Crippen LogP contribution in [-0.4, -0.2) is 18.3 Å². The first kappa shape index (κ1) is 14.8. The van der Waals surface area contributed by atoms with Crippen molar-refractivity contribution in [3.05, 3.63) is 28.4 Å². The van der Waals surface area contributed by atoms with Gasteiger partial charge in [0.15, 0.2) is 0 Å². The molecule has 1 aliphatic rings. The van der Waals surface area contributed by atoms with Crippen molar-refractivity contribution < 1.29 is 9.31 Å². The Labute approximate surface area is 121 Å². The minimum Gasteiger partial charge on any atom is -0.400 e. The Morgan fingerprint density at radius 3 is 2.21 bits per heavy atom. The molecule has 1 aromatic rings. The van der Waals surface area contributed by atoms with Crippen molar-refractivity contribution in [2.45, 2.75) is 52.7 Å². The first-order valence-corrected chi connectivity index (χ1v) is 7.72. The third-order valence-electron chi connectivity index (χ3n) is 4.01. The molecule has 1 saturated heterocycles. The number of hydrogen-bond donors (Lipinski definition) is 0. The molecule has 4 heteroatoms. The van der Waals surface area contributed by atoms with Gasteiger partial charge in [-0.2, -0.15) is 0 Å². The molecular formula is C15H23BO2S. The summed E-state index contributed by atoms with van der Waals surface area (Å²) in [4.78, 5) is 1.30. The summed E-state index contributed by atoms with van der Waals surface area (Å²) < 4.78 is 12.1. The first-order valence-electron chi connectivity index (χ1n) is 6.84. The van der Waals surface area contributed by atoms with E-state index in [9.17, 15) is 0 Å². The van der Waals surface area contributed by atoms with Gasteiger partial charge in [-0.05, 0) is 56.6 Å². The van der Waals surface area contributed by atoms with Gasteiger partial charge in [-0.25, -0.2) is 0 Å². The molecule has 0 aromatic carbocycles. The fourth-order valence-electron chi connectivity index (χ4n) is 2.11. The molecule has 1 aliphatic heterocycles. The van der Waals surface area contributed by atoms with Gasteiger partial charge in [-0.3, -0.25) is 0 Å². The molecule has 0 N–H and O–H groups in total. The molecule has 2 heterocycles. The van der Waals surface area contributed by atoms with Crippen LogP contribution < -0.4 is 0 Å². The van der Waals surface area contributed by atoms with Crippen LogP contribution in [0.4, 0.5) is 0 Å². The summed E-state index contributed by atoms with van der Waals surface area (Å²) in [6.07, 6.45) is 0. The maximum Gasteiger partial charge on any atom is 0.487 e. The molecule has 0 radical (unpaired) electrons. The van der Waals surface area contributed by atoms with E-state index >= 15 is 0 Å². The predicted octanol–water partition coefficient (Wildman–Crippen LogP) is 4.42. The molecule has 0 bridgehead atoms. The molecule has 1 fully saturated rings. The van der Waals surface area contributed by atoms with Gasteiger partial charge in [0.05, 0.1) is 11.2 Å². The molecular weight excluding hydrogens is 255 g/mol. The third kappa shape index (κ3) is 2.96. The van der Waals surface area contributed by atoms with Crippen LogP contribution in [0.25, 0.3) is 5.57 Å². The van der Waals surface area contributed by atoms with Crippen molar-refractivity contribution in [2.75, 3.05) is 0 Å². The van der Waals surface area contributed by atoms with Gasteiger partial charge in [-0.1, -0.05) is 19.9 Å². The highest BCUT2D eigenvalue weighted by Gasteiger charge is 2.50. The highest BCUT2D eigenvalue weighted by molar-refractivity contribution is 7.11. The Balaban J connectivity index is 2.26. The van der Waals surface area contributed by atoms with Gasteiger partial charge >= 0.3 is 7.12 Å². The van der Waals surface area contributed by atoms with Crippen LogP contribution in [-0.2, 0) is 9.31 Å². The van der Waals surface area contributed by atoms with Gasteiger partial charge in [0.2, 0.25) is 0 Å². The monoisotopic (exact) mass is 278 g/mol. The molecule has 0 saturated carbocycles. The van der Waals surface area contributed by atoms with E-state index < -0.39 is 0 Å². The van der Waals surface area contributed by atoms with E-state index in [0.29, 0.717) is 5.92 Å². The highest BCUT2D eigenvalue weighted by Crippen LogP contribution is 2.38. The van der Waals surface area contributed by atoms with Crippen molar-refractivity contribution in [1.82, 2.24) is 0 Å². The Hall–Kier alpha value is -0.575. The quantitative estimate of drug-likeness (QED) is 0.762. The molecule has 2 rings (SSSR count). The van der Waals surface area contributed by atoms with Crippen molar-refractivity contribution >= 4 is 24.0 Å². The molecule has 19 heavy (non-hydrogen) atoms. The Kier molecular flexibility index (Phi) is 3.96. The van der Waals surface area contributed by atoms with Crippen LogP contribution in [0.2, 0.25) is 0 Å². The van der Waals surface area contributed by atoms with E-state index in [-0.39, 0.29) is 18.3 Å². The van der Waals surface area contributed by atoms with Gasteiger partial charge in [0.1, 0.15) is 0 Å². The lowest BCUT2D eigenvalue weighted by molar-refractivity contribution is 0.00578. The lowest BCUT2D eigenvalue weighted by Gasteiger charge is -2.32. The number of thiophene rings is 1. The Morgan fingerprint density at radius 2 is 1.79 bits per heavy atom. The van der Waals surface area contributed by atoms with Crippen molar-refractivity contribution in [3.63, 3.8) is 0 Å². The van der Waals surface area contributed by atoms with Crippen LogP contribution in [0.15, 0.2) is 23.5 Å². The predicted molar refractivity (Wildman–Crippen MR) is 83.2 cm³/mol. The molecule has 0 atom stereocenters. The van der Waals surface area contributed by atoms with Gasteiger partial charge < -0.3 is 9.31 Å². The average molecular weight is 278 g/mol. The van der Waals surface area contributed by atoms with Gasteiger partial charge in [0, 0.05) is 4.88 Å². The molecule has 0 aliphatic carbocycles. The average Bonchev–Trinajstić information content (AvgIpc) is 2.82. The number of rotatable bonds is 3. The molecule has 0 amide bonds. The van der Waals surface area contributed by atoms with E-state index in [4.69, 9.17) is 9.31 Å². The zero-order chi connectivity index (χ0) is 14.3. The van der Waals surface area contributed by atoms with E-state index in [0.717, 1.165) is 0 Å². The van der Waals surface area contributed by atoms with Crippen molar-refractivity contribution in [3.8, 4) is 0 Å². The summed E-state index contributed by atoms with van der Waals surface area (Å²) in [7, 11) is -0.260. The SMILES string of the molecule is CC(C)/C(=C/B1OC(C)(C)C(C)(C)O1)c1cccs1. The minimum atomic E-state index is -0.272. The van der Waals surface area contributed by atoms with Crippen LogP contribution in [0.3, 0.4) is 0 Å². The molecule has 104 valence electrons. The molecule has 0 spiro atoms. The molecule has 0 unspecified atom stereocenters. The minimum absolute atomic E-state index is 0.260. The largest absolute Gasteiger partial charge is 0.487 e. The topological polar surface area (TPSA) is 18.5 Å². The second kappa shape index (κ2) is 5.08. The molecule has 1 aromatic heterocycles. The lowest BCUT2D eigenvalue weighted by atomic mass is 9.83. The van der Waals surface area contributed by atoms with Crippen LogP contribution >= 0.6 is 11.3 Å². The van der Waals surface area contributed by atoms with Crippen LogP contribution in [0.1, 0.15) is 46.4 Å². The lowest BCUT2D eigenvalue weighted by Crippen LogP contribution is -2.41. The van der Waals surface area contributed by atoms with E-state index in [1.54, 1.807) is 11.3 Å². The Bertz CT molecular complexity index is 444. The van der Waals surface area contributed by atoms with E-state index in [1.807, 2.05) is 0 Å². The highest BCUT2D eigenvalue weighted by atomic mass is 32.1. The maximum absolute atomic E-state index is 6.05. The first-order chi connectivity index (χ1) is 8.73. The zero-order valence-corrected chi connectivity index (χ0v) is 13.5. The summed E-state index contributed by atoms with van der Waals surface area (Å²) in [6, 6.07) is 4.24. The Morgan fingerprint density at radius 1 is 1.21 bits per heavy atom. The summed E-state index contributed by atoms with van der Waals surface area (Å²) >= 11 is 1.76. The third-order valence-corrected chi connectivity index (χ3v) is 4.93. The zero-order valence-electron chi connectivity index (χ0n) is 12.7. The summed E-state index contributed by atoms with van der Waals surface area (Å²) in [5.74, 6) is 2.59. The number of allylic oxidation sites excluding steroid dienone is 1. The van der Waals surface area contributed by atoms with E-state index in [2.05, 4.69) is 65.0 Å². The second-order valence-electron chi connectivity index (χ2n) is 6.38. The van der Waals surface area contributed by atoms with Crippen molar-refractivity contribution in [1.29, 1.82) is 0 Å². The maximum atomic E-state index is 6.05. The van der Waals surface area contributed by atoms with Crippen LogP contribution in [0, 0.1) is 5.92 Å². The number of hydrogen-bond acceptors (Lipinski definition) is 3. The summed E-state index contributed by atoms with van der Waals surface area (Å²) in [5.41, 5.74) is 0.755. The van der Waals surface area contributed by atoms with E-state index in [1.165, 1.54) is 10.5 Å². The standard InChI is InChI=1S/C15H23BO2S/c1-11(2)12(13-8-7-9-19-13)10-16-17-14(3,4)15(5,6)18-16/h7-11H,1-6H3/b12-10-. The van der Waals surface area contributed by atoms with Crippen molar-refractivity contribution in [2.24, 2.45) is 5.92 Å². The normalized spacial score (nSPS) is 22.3. The smallest absolute Gasteiger partial charge is 0.400 e. The fourth-order valence-corrected chi connectivity index (χ4v) is 3.01. The van der Waals surface area contributed by atoms with Gasteiger partial charge in [0.25, 0.3) is 0 Å². The summed E-state index contributed by atoms with van der Waals surface area (Å²) in [5, 5.41) is 2.11. The fraction of sp³-hybridized carbons (Fsp3) is 0.600. The molecule has 2 nitrogen and oxygen atoms in total. The summed E-state index contributed by atoms with van der Waals surface area (Å²) in [6.45, 7) is 12.7. The second-order valence-corrected chi connectivity index (χ2v) is 7.33.